The predicted octanol–water partition coefficient (Wildman–Crippen LogP) is 1.33. The lowest BCUT2D eigenvalue weighted by Crippen LogP contribution is -2.39. The zero-order valence-electron chi connectivity index (χ0n) is 14.7. The topological polar surface area (TPSA) is 155 Å². The van der Waals surface area contributed by atoms with Gasteiger partial charge in [0.05, 0.1) is 6.61 Å². The standard InChI is InChI=1S/C16H16N5O6PS/c17-13-10-14(19-7-18-13)21(16(20-10)29-8-4-2-1-3-5-8)15-11(22)12-9(26-15)6-25-28(23,24)27-12/h1-5,7,9,11-12,15,22H,6H2,(H,23,24)(H2,17,18,19)/t9-,11-,12-,15-/m1/s1. The van der Waals surface area contributed by atoms with Crippen LogP contribution in [0.5, 0.6) is 0 Å². The number of hydrogen-bond donors (Lipinski definition) is 3. The molecule has 0 spiro atoms. The number of nitrogen functional groups attached to an aromatic ring is 1. The second kappa shape index (κ2) is 7.03. The van der Waals surface area contributed by atoms with Gasteiger partial charge in [-0.2, -0.15) is 0 Å². The van der Waals surface area contributed by atoms with Crippen molar-refractivity contribution < 1.29 is 28.3 Å². The maximum absolute atomic E-state index is 11.8. The van der Waals surface area contributed by atoms with E-state index < -0.39 is 32.4 Å². The third-order valence-electron chi connectivity index (χ3n) is 4.65. The van der Waals surface area contributed by atoms with Gasteiger partial charge in [0.1, 0.15) is 24.6 Å². The lowest BCUT2D eigenvalue weighted by atomic mass is 10.1. The van der Waals surface area contributed by atoms with E-state index in [-0.39, 0.29) is 12.4 Å². The monoisotopic (exact) mass is 437 g/mol. The van der Waals surface area contributed by atoms with Crippen molar-refractivity contribution in [1.82, 2.24) is 19.5 Å². The van der Waals surface area contributed by atoms with Crippen molar-refractivity contribution in [3.05, 3.63) is 36.7 Å². The number of aliphatic hydroxyl groups is 1. The number of imidazole rings is 1. The summed E-state index contributed by atoms with van der Waals surface area (Å²) in [6.45, 7) is -0.184. The zero-order valence-corrected chi connectivity index (χ0v) is 16.4. The molecular weight excluding hydrogens is 421 g/mol. The van der Waals surface area contributed by atoms with Crippen LogP contribution in [0, 0.1) is 0 Å². The van der Waals surface area contributed by atoms with Crippen LogP contribution < -0.4 is 5.73 Å². The Balaban J connectivity index is 1.59. The molecule has 0 saturated carbocycles. The number of nitrogens with zero attached hydrogens (tertiary/aromatic N) is 4. The highest BCUT2D eigenvalue weighted by molar-refractivity contribution is 7.99. The first-order valence-corrected chi connectivity index (χ1v) is 10.9. The number of anilines is 1. The van der Waals surface area contributed by atoms with Crippen molar-refractivity contribution in [2.24, 2.45) is 0 Å². The second-order valence-corrected chi connectivity index (χ2v) is 8.95. The molecule has 0 amide bonds. The number of ether oxygens (including phenoxy) is 1. The van der Waals surface area contributed by atoms with Crippen molar-refractivity contribution >= 4 is 36.6 Å². The number of hydrogen-bond acceptors (Lipinski definition) is 10. The number of fused-ring (bicyclic) bond motifs is 2. The maximum Gasteiger partial charge on any atom is 0.472 e. The van der Waals surface area contributed by atoms with E-state index in [1.807, 2.05) is 30.3 Å². The molecule has 2 fully saturated rings. The third-order valence-corrected chi connectivity index (χ3v) is 6.61. The molecule has 3 aromatic rings. The first kappa shape index (κ1) is 18.9. The summed E-state index contributed by atoms with van der Waals surface area (Å²) in [5, 5.41) is 11.3. The summed E-state index contributed by atoms with van der Waals surface area (Å²) < 4.78 is 29.1. The molecule has 4 heterocycles. The molecule has 2 saturated heterocycles. The van der Waals surface area contributed by atoms with Gasteiger partial charge in [0.25, 0.3) is 0 Å². The van der Waals surface area contributed by atoms with Crippen molar-refractivity contribution in [3.8, 4) is 0 Å². The summed E-state index contributed by atoms with van der Waals surface area (Å²) in [7, 11) is -4.24. The molecule has 5 rings (SSSR count). The molecule has 1 unspecified atom stereocenters. The van der Waals surface area contributed by atoms with Gasteiger partial charge in [-0.1, -0.05) is 30.0 Å². The van der Waals surface area contributed by atoms with Gasteiger partial charge in [-0.05, 0) is 12.1 Å². The molecule has 2 aromatic heterocycles. The van der Waals surface area contributed by atoms with Crippen molar-refractivity contribution in [1.29, 1.82) is 0 Å². The van der Waals surface area contributed by atoms with E-state index in [4.69, 9.17) is 19.5 Å². The largest absolute Gasteiger partial charge is 0.472 e. The van der Waals surface area contributed by atoms with Gasteiger partial charge in [-0.15, -0.1) is 0 Å². The van der Waals surface area contributed by atoms with Gasteiger partial charge in [-0.3, -0.25) is 13.6 Å². The molecular formula is C16H16N5O6PS. The molecule has 11 nitrogen and oxygen atoms in total. The van der Waals surface area contributed by atoms with Gasteiger partial charge in [0, 0.05) is 4.90 Å². The van der Waals surface area contributed by atoms with Crippen LogP contribution in [0.2, 0.25) is 0 Å². The molecule has 0 aliphatic carbocycles. The minimum Gasteiger partial charge on any atom is -0.386 e. The number of phosphoric ester groups is 1. The fourth-order valence-electron chi connectivity index (χ4n) is 3.35. The molecule has 5 atom stereocenters. The van der Waals surface area contributed by atoms with Gasteiger partial charge in [0.15, 0.2) is 28.4 Å². The van der Waals surface area contributed by atoms with Gasteiger partial charge >= 0.3 is 7.82 Å². The normalized spacial score (nSPS) is 31.8. The Morgan fingerprint density at radius 3 is 2.86 bits per heavy atom. The Kier molecular flexibility index (Phi) is 4.59. The minimum atomic E-state index is -4.24. The van der Waals surface area contributed by atoms with E-state index in [0.717, 1.165) is 4.90 Å². The number of benzene rings is 1. The smallest absolute Gasteiger partial charge is 0.386 e. The molecule has 152 valence electrons. The lowest BCUT2D eigenvalue weighted by molar-refractivity contribution is -0.0684. The van der Waals surface area contributed by atoms with Gasteiger partial charge in [-0.25, -0.2) is 19.5 Å². The zero-order chi connectivity index (χ0) is 20.2. The summed E-state index contributed by atoms with van der Waals surface area (Å²) in [6, 6.07) is 9.50. The number of rotatable bonds is 3. The van der Waals surface area contributed by atoms with Crippen molar-refractivity contribution in [3.63, 3.8) is 0 Å². The van der Waals surface area contributed by atoms with Crippen LogP contribution in [0.15, 0.2) is 46.7 Å². The van der Waals surface area contributed by atoms with E-state index in [9.17, 15) is 14.6 Å². The van der Waals surface area contributed by atoms with E-state index in [1.54, 1.807) is 4.57 Å². The quantitative estimate of drug-likeness (QED) is 0.508. The van der Waals surface area contributed by atoms with Gasteiger partial charge < -0.3 is 20.5 Å². The molecule has 29 heavy (non-hydrogen) atoms. The van der Waals surface area contributed by atoms with Crippen LogP contribution in [0.25, 0.3) is 11.2 Å². The molecule has 0 radical (unpaired) electrons. The van der Waals surface area contributed by atoms with Crippen LogP contribution in [0.4, 0.5) is 5.82 Å². The first-order chi connectivity index (χ1) is 13.9. The van der Waals surface area contributed by atoms with Crippen molar-refractivity contribution in [2.75, 3.05) is 12.3 Å². The summed E-state index contributed by atoms with van der Waals surface area (Å²) in [4.78, 5) is 23.3. The first-order valence-electron chi connectivity index (χ1n) is 8.63. The third kappa shape index (κ3) is 3.32. The summed E-state index contributed by atoms with van der Waals surface area (Å²) in [5.74, 6) is 0.188. The maximum atomic E-state index is 11.8. The van der Waals surface area contributed by atoms with E-state index >= 15 is 0 Å². The summed E-state index contributed by atoms with van der Waals surface area (Å²) >= 11 is 1.33. The molecule has 13 heteroatoms. The lowest BCUT2D eigenvalue weighted by Gasteiger charge is -2.27. The fourth-order valence-corrected chi connectivity index (χ4v) is 5.24. The summed E-state index contributed by atoms with van der Waals surface area (Å²) in [6.07, 6.45) is -2.69. The van der Waals surface area contributed by atoms with E-state index in [1.165, 1.54) is 18.1 Å². The SMILES string of the molecule is Nc1ncnc2c1nc(Sc1ccccc1)n2[C@@H]1O[C@@H]2COP(=O)(O)O[C@H]2[C@H]1O. The van der Waals surface area contributed by atoms with E-state index in [0.29, 0.717) is 16.3 Å². The highest BCUT2D eigenvalue weighted by atomic mass is 32.2. The van der Waals surface area contributed by atoms with Gasteiger partial charge in [0.2, 0.25) is 0 Å². The Bertz CT molecular complexity index is 1110. The predicted molar refractivity (Wildman–Crippen MR) is 101 cm³/mol. The van der Waals surface area contributed by atoms with Crippen LogP contribution in [0.1, 0.15) is 6.23 Å². The molecule has 2 aliphatic heterocycles. The van der Waals surface area contributed by atoms with Crippen LogP contribution >= 0.6 is 19.6 Å². The Morgan fingerprint density at radius 2 is 2.07 bits per heavy atom. The Hall–Kier alpha value is -2.05. The molecule has 2 aliphatic rings. The Labute approximate surface area is 168 Å². The fraction of sp³-hybridized carbons (Fsp3) is 0.312. The molecule has 1 aromatic carbocycles. The minimum absolute atomic E-state index is 0.184. The molecule has 0 bridgehead atoms. The van der Waals surface area contributed by atoms with Crippen LogP contribution in [-0.4, -0.2) is 54.4 Å². The van der Waals surface area contributed by atoms with Crippen molar-refractivity contribution in [2.45, 2.75) is 34.6 Å². The average Bonchev–Trinajstić information content (AvgIpc) is 3.20. The Morgan fingerprint density at radius 1 is 1.28 bits per heavy atom. The number of aliphatic hydroxyl groups excluding tert-OH is 1. The van der Waals surface area contributed by atoms with Crippen LogP contribution in [-0.2, 0) is 18.3 Å². The summed E-state index contributed by atoms with van der Waals surface area (Å²) in [5.41, 5.74) is 6.69. The van der Waals surface area contributed by atoms with Crippen LogP contribution in [0.3, 0.4) is 0 Å². The highest BCUT2D eigenvalue weighted by Gasteiger charge is 2.53. The molecule has 4 N–H and O–H groups in total. The average molecular weight is 437 g/mol. The van der Waals surface area contributed by atoms with E-state index in [2.05, 4.69) is 15.0 Å². The number of phosphoric acid groups is 1. The number of aromatic nitrogens is 4. The highest BCUT2D eigenvalue weighted by Crippen LogP contribution is 2.53. The number of nitrogens with two attached hydrogens (primary N) is 1. The second-order valence-electron chi connectivity index (χ2n) is 6.50.